The third-order valence-corrected chi connectivity index (χ3v) is 3.52. The first kappa shape index (κ1) is 12.7. The van der Waals surface area contributed by atoms with E-state index in [-0.39, 0.29) is 5.91 Å². The zero-order valence-electron chi connectivity index (χ0n) is 10.9. The average molecular weight is 248 g/mol. The minimum absolute atomic E-state index is 0.154. The quantitative estimate of drug-likeness (QED) is 0.843. The second kappa shape index (κ2) is 5.29. The van der Waals surface area contributed by atoms with Gasteiger partial charge in [-0.15, -0.1) is 0 Å². The molecule has 98 valence electrons. The van der Waals surface area contributed by atoms with Gasteiger partial charge >= 0.3 is 0 Å². The van der Waals surface area contributed by atoms with E-state index in [2.05, 4.69) is 5.32 Å². The Morgan fingerprint density at radius 1 is 1.39 bits per heavy atom. The van der Waals surface area contributed by atoms with E-state index in [1.54, 1.807) is 13.0 Å². The van der Waals surface area contributed by atoms with E-state index in [1.165, 1.54) is 0 Å². The molecule has 2 rings (SSSR count). The topological polar surface area (TPSA) is 52.6 Å². The lowest BCUT2D eigenvalue weighted by Gasteiger charge is -2.32. The zero-order chi connectivity index (χ0) is 13.1. The highest BCUT2D eigenvalue weighted by atomic mass is 16.3. The van der Waals surface area contributed by atoms with Crippen LogP contribution < -0.4 is 5.32 Å². The van der Waals surface area contributed by atoms with Crippen molar-refractivity contribution < 1.29 is 9.90 Å². The van der Waals surface area contributed by atoms with Crippen molar-refractivity contribution in [2.45, 2.75) is 32.7 Å². The third kappa shape index (κ3) is 2.94. The number of nitrogens with zero attached hydrogens (tertiary/aromatic N) is 1. The predicted molar refractivity (Wildman–Crippen MR) is 71.7 cm³/mol. The number of phenolic OH excluding ortho intramolecular Hbond substituents is 1. The van der Waals surface area contributed by atoms with Crippen LogP contribution in [0.4, 0.5) is 5.69 Å². The summed E-state index contributed by atoms with van der Waals surface area (Å²) < 4.78 is 0. The molecule has 4 heteroatoms. The van der Waals surface area contributed by atoms with Crippen molar-refractivity contribution in [1.82, 2.24) is 4.90 Å². The van der Waals surface area contributed by atoms with Gasteiger partial charge in [-0.25, -0.2) is 0 Å². The number of amides is 1. The minimum Gasteiger partial charge on any atom is -0.508 e. The Labute approximate surface area is 108 Å². The summed E-state index contributed by atoms with van der Waals surface area (Å²) in [6, 6.07) is 6.02. The van der Waals surface area contributed by atoms with Crippen LogP contribution in [0.25, 0.3) is 0 Å². The molecule has 1 saturated heterocycles. The molecule has 1 aromatic carbocycles. The second-order valence-electron chi connectivity index (χ2n) is 4.93. The van der Waals surface area contributed by atoms with Crippen LogP contribution in [-0.4, -0.2) is 35.0 Å². The van der Waals surface area contributed by atoms with Crippen molar-refractivity contribution in [1.29, 1.82) is 0 Å². The molecule has 18 heavy (non-hydrogen) atoms. The van der Waals surface area contributed by atoms with Crippen molar-refractivity contribution in [3.8, 4) is 5.75 Å². The van der Waals surface area contributed by atoms with Gasteiger partial charge < -0.3 is 15.3 Å². The fourth-order valence-electron chi connectivity index (χ4n) is 2.27. The molecule has 1 aliphatic heterocycles. The van der Waals surface area contributed by atoms with E-state index in [1.807, 2.05) is 24.0 Å². The van der Waals surface area contributed by atoms with E-state index in [0.717, 1.165) is 37.2 Å². The van der Waals surface area contributed by atoms with Crippen LogP contribution in [0.3, 0.4) is 0 Å². The van der Waals surface area contributed by atoms with Gasteiger partial charge in [0.1, 0.15) is 5.75 Å². The number of hydrogen-bond acceptors (Lipinski definition) is 3. The lowest BCUT2D eigenvalue weighted by atomic mass is 10.0. The van der Waals surface area contributed by atoms with Crippen LogP contribution >= 0.6 is 0 Å². The summed E-state index contributed by atoms with van der Waals surface area (Å²) in [4.78, 5) is 13.1. The standard InChI is InChI=1S/C14H20N2O2/c1-10-3-4-13(9-14(10)18)15-12-5-7-16(8-6-12)11(2)17/h3-4,9,12,15,18H,5-8H2,1-2H3. The van der Waals surface area contributed by atoms with Crippen LogP contribution in [0, 0.1) is 6.92 Å². The number of phenols is 1. The summed E-state index contributed by atoms with van der Waals surface area (Å²) in [5.74, 6) is 0.475. The van der Waals surface area contributed by atoms with E-state index in [4.69, 9.17) is 0 Å². The molecule has 1 amide bonds. The fourth-order valence-corrected chi connectivity index (χ4v) is 2.27. The molecule has 0 aromatic heterocycles. The molecule has 0 atom stereocenters. The molecular weight excluding hydrogens is 228 g/mol. The van der Waals surface area contributed by atoms with Gasteiger partial charge in [0.05, 0.1) is 0 Å². The molecule has 1 fully saturated rings. The summed E-state index contributed by atoms with van der Waals surface area (Å²) in [6.45, 7) is 5.12. The van der Waals surface area contributed by atoms with Crippen molar-refractivity contribution in [2.75, 3.05) is 18.4 Å². The largest absolute Gasteiger partial charge is 0.508 e. The van der Waals surface area contributed by atoms with Crippen LogP contribution in [0.15, 0.2) is 18.2 Å². The lowest BCUT2D eigenvalue weighted by Crippen LogP contribution is -2.41. The number of nitrogens with one attached hydrogen (secondary N) is 1. The van der Waals surface area contributed by atoms with E-state index >= 15 is 0 Å². The third-order valence-electron chi connectivity index (χ3n) is 3.52. The van der Waals surface area contributed by atoms with Crippen LogP contribution in [0.1, 0.15) is 25.3 Å². The summed E-state index contributed by atoms with van der Waals surface area (Å²) in [6.07, 6.45) is 1.91. The highest BCUT2D eigenvalue weighted by Gasteiger charge is 2.20. The number of aromatic hydroxyl groups is 1. The predicted octanol–water partition coefficient (Wildman–Crippen LogP) is 2.12. The lowest BCUT2D eigenvalue weighted by molar-refractivity contribution is -0.129. The van der Waals surface area contributed by atoms with Gasteiger partial charge in [-0.3, -0.25) is 4.79 Å². The number of aryl methyl sites for hydroxylation is 1. The van der Waals surface area contributed by atoms with Crippen molar-refractivity contribution >= 4 is 11.6 Å². The Morgan fingerprint density at radius 3 is 2.61 bits per heavy atom. The van der Waals surface area contributed by atoms with Gasteiger partial charge in [0.2, 0.25) is 5.91 Å². The molecular formula is C14H20N2O2. The molecule has 1 aromatic rings. The van der Waals surface area contributed by atoms with Gasteiger partial charge in [0.15, 0.2) is 0 Å². The number of carbonyl (C=O) groups is 1. The van der Waals surface area contributed by atoms with Crippen molar-refractivity contribution in [3.05, 3.63) is 23.8 Å². The normalized spacial score (nSPS) is 16.7. The summed E-state index contributed by atoms with van der Waals surface area (Å²) in [5.41, 5.74) is 1.83. The molecule has 0 saturated carbocycles. The maximum atomic E-state index is 11.2. The van der Waals surface area contributed by atoms with Gasteiger partial charge in [-0.05, 0) is 31.4 Å². The molecule has 1 aliphatic rings. The number of rotatable bonds is 2. The molecule has 0 unspecified atom stereocenters. The van der Waals surface area contributed by atoms with Gasteiger partial charge in [0, 0.05) is 37.8 Å². The number of benzene rings is 1. The van der Waals surface area contributed by atoms with Gasteiger partial charge in [0.25, 0.3) is 0 Å². The first-order valence-corrected chi connectivity index (χ1v) is 6.38. The van der Waals surface area contributed by atoms with E-state index in [0.29, 0.717) is 11.8 Å². The first-order chi connectivity index (χ1) is 8.56. The average Bonchev–Trinajstić information content (AvgIpc) is 2.34. The monoisotopic (exact) mass is 248 g/mol. The molecule has 0 aliphatic carbocycles. The summed E-state index contributed by atoms with van der Waals surface area (Å²) in [5, 5.41) is 13.1. The highest BCUT2D eigenvalue weighted by Crippen LogP contribution is 2.23. The maximum Gasteiger partial charge on any atom is 0.219 e. The number of carbonyl (C=O) groups excluding carboxylic acids is 1. The number of hydrogen-bond donors (Lipinski definition) is 2. The minimum atomic E-state index is 0.154. The first-order valence-electron chi connectivity index (χ1n) is 6.38. The van der Waals surface area contributed by atoms with Crippen molar-refractivity contribution in [2.24, 2.45) is 0 Å². The SMILES string of the molecule is CC(=O)N1CCC(Nc2ccc(C)c(O)c2)CC1. The van der Waals surface area contributed by atoms with Crippen LogP contribution in [0.2, 0.25) is 0 Å². The Bertz CT molecular complexity index is 437. The van der Waals surface area contributed by atoms with Crippen LogP contribution in [0.5, 0.6) is 5.75 Å². The molecule has 2 N–H and O–H groups in total. The number of likely N-dealkylation sites (tertiary alicyclic amines) is 1. The Hall–Kier alpha value is -1.71. The molecule has 4 nitrogen and oxygen atoms in total. The second-order valence-corrected chi connectivity index (χ2v) is 4.93. The van der Waals surface area contributed by atoms with E-state index in [9.17, 15) is 9.90 Å². The van der Waals surface area contributed by atoms with E-state index < -0.39 is 0 Å². The Kier molecular flexibility index (Phi) is 3.75. The molecule has 0 radical (unpaired) electrons. The zero-order valence-corrected chi connectivity index (χ0v) is 10.9. The molecule has 0 bridgehead atoms. The summed E-state index contributed by atoms with van der Waals surface area (Å²) in [7, 11) is 0. The smallest absolute Gasteiger partial charge is 0.219 e. The Balaban J connectivity index is 1.91. The van der Waals surface area contributed by atoms with Gasteiger partial charge in [-0.1, -0.05) is 6.07 Å². The van der Waals surface area contributed by atoms with Crippen molar-refractivity contribution in [3.63, 3.8) is 0 Å². The number of piperidine rings is 1. The van der Waals surface area contributed by atoms with Gasteiger partial charge in [-0.2, -0.15) is 0 Å². The fraction of sp³-hybridized carbons (Fsp3) is 0.500. The highest BCUT2D eigenvalue weighted by molar-refractivity contribution is 5.73. The Morgan fingerprint density at radius 2 is 2.06 bits per heavy atom. The van der Waals surface area contributed by atoms with Crippen LogP contribution in [-0.2, 0) is 4.79 Å². The molecule has 0 spiro atoms. The molecule has 1 heterocycles. The maximum absolute atomic E-state index is 11.2. The summed E-state index contributed by atoms with van der Waals surface area (Å²) >= 11 is 0. The number of anilines is 1.